The van der Waals surface area contributed by atoms with Gasteiger partial charge in [0, 0.05) is 18.1 Å². The van der Waals surface area contributed by atoms with Gasteiger partial charge in [-0.15, -0.1) is 0 Å². The molecular formula is C15H16FN3O2. The van der Waals surface area contributed by atoms with Crippen molar-refractivity contribution < 1.29 is 14.3 Å². The fourth-order valence-electron chi connectivity index (χ4n) is 1.84. The lowest BCUT2D eigenvalue weighted by Gasteiger charge is -2.20. The Labute approximate surface area is 121 Å². The zero-order valence-electron chi connectivity index (χ0n) is 11.5. The van der Waals surface area contributed by atoms with Crippen LogP contribution in [0.3, 0.4) is 0 Å². The van der Waals surface area contributed by atoms with Crippen LogP contribution >= 0.6 is 0 Å². The summed E-state index contributed by atoms with van der Waals surface area (Å²) in [4.78, 5) is 15.6. The summed E-state index contributed by atoms with van der Waals surface area (Å²) in [6.07, 6.45) is 2.20. The van der Waals surface area contributed by atoms with Gasteiger partial charge < -0.3 is 15.7 Å². The number of carbonyl (C=O) groups is 1. The molecule has 2 amide bonds. The van der Waals surface area contributed by atoms with Crippen molar-refractivity contribution in [1.82, 2.24) is 10.3 Å². The first-order valence-corrected chi connectivity index (χ1v) is 6.47. The minimum absolute atomic E-state index is 0.373. The normalized spacial score (nSPS) is 13.3. The molecule has 6 heteroatoms. The minimum Gasteiger partial charge on any atom is -0.386 e. The lowest BCUT2D eigenvalue weighted by Crippen LogP contribution is -2.39. The number of urea groups is 1. The topological polar surface area (TPSA) is 74.2 Å². The van der Waals surface area contributed by atoms with E-state index in [9.17, 15) is 14.3 Å². The number of hydrogen-bond acceptors (Lipinski definition) is 3. The Kier molecular flexibility index (Phi) is 4.84. The zero-order valence-corrected chi connectivity index (χ0v) is 11.5. The van der Waals surface area contributed by atoms with Crippen molar-refractivity contribution in [3.63, 3.8) is 0 Å². The molecular weight excluding hydrogens is 273 g/mol. The van der Waals surface area contributed by atoms with Crippen molar-refractivity contribution in [1.29, 1.82) is 0 Å². The summed E-state index contributed by atoms with van der Waals surface area (Å²) in [6.45, 7) is 1.67. The molecule has 2 rings (SSSR count). The third-order valence-electron chi connectivity index (χ3n) is 2.98. The van der Waals surface area contributed by atoms with Crippen LogP contribution in [-0.2, 0) is 0 Å². The van der Waals surface area contributed by atoms with E-state index in [1.54, 1.807) is 31.5 Å². The zero-order chi connectivity index (χ0) is 15.2. The maximum atomic E-state index is 12.8. The molecule has 110 valence electrons. The highest BCUT2D eigenvalue weighted by atomic mass is 19.1. The van der Waals surface area contributed by atoms with Gasteiger partial charge in [0.2, 0.25) is 0 Å². The van der Waals surface area contributed by atoms with Gasteiger partial charge in [-0.3, -0.25) is 4.98 Å². The molecule has 0 aliphatic carbocycles. The van der Waals surface area contributed by atoms with Crippen LogP contribution in [0.1, 0.15) is 18.6 Å². The number of carbonyl (C=O) groups excluding carboxylic acids is 1. The monoisotopic (exact) mass is 289 g/mol. The number of anilines is 1. The van der Waals surface area contributed by atoms with E-state index in [0.717, 1.165) is 0 Å². The van der Waals surface area contributed by atoms with E-state index in [-0.39, 0.29) is 5.82 Å². The number of pyridine rings is 1. The van der Waals surface area contributed by atoms with E-state index in [1.807, 2.05) is 0 Å². The average molecular weight is 289 g/mol. The molecule has 0 fully saturated rings. The second-order valence-corrected chi connectivity index (χ2v) is 4.62. The fourth-order valence-corrected chi connectivity index (χ4v) is 1.84. The molecule has 0 saturated heterocycles. The Morgan fingerprint density at radius 3 is 2.43 bits per heavy atom. The van der Waals surface area contributed by atoms with Gasteiger partial charge in [-0.05, 0) is 36.8 Å². The molecule has 0 spiro atoms. The van der Waals surface area contributed by atoms with E-state index in [4.69, 9.17) is 0 Å². The van der Waals surface area contributed by atoms with Crippen molar-refractivity contribution in [3.05, 3.63) is 60.2 Å². The number of halogens is 1. The molecule has 3 N–H and O–H groups in total. The summed E-state index contributed by atoms with van der Waals surface area (Å²) in [7, 11) is 0. The smallest absolute Gasteiger partial charge is 0.319 e. The maximum absolute atomic E-state index is 12.8. The molecule has 1 heterocycles. The predicted molar refractivity (Wildman–Crippen MR) is 77.2 cm³/mol. The van der Waals surface area contributed by atoms with Gasteiger partial charge >= 0.3 is 6.03 Å². The number of benzene rings is 1. The SMILES string of the molecule is C[C@@H](NC(=O)Nc1ccncc1)[C@@H](O)c1ccc(F)cc1. The molecule has 0 aliphatic rings. The van der Waals surface area contributed by atoms with Gasteiger partial charge in [-0.1, -0.05) is 12.1 Å². The summed E-state index contributed by atoms with van der Waals surface area (Å²) < 4.78 is 12.8. The van der Waals surface area contributed by atoms with Crippen LogP contribution in [0.25, 0.3) is 0 Å². The van der Waals surface area contributed by atoms with Crippen molar-refractivity contribution in [2.45, 2.75) is 19.1 Å². The van der Waals surface area contributed by atoms with Crippen LogP contribution in [-0.4, -0.2) is 22.2 Å². The highest BCUT2D eigenvalue weighted by molar-refractivity contribution is 5.89. The highest BCUT2D eigenvalue weighted by Crippen LogP contribution is 2.17. The second kappa shape index (κ2) is 6.81. The molecule has 0 aliphatic heterocycles. The number of aliphatic hydroxyl groups is 1. The number of aliphatic hydroxyl groups excluding tert-OH is 1. The lowest BCUT2D eigenvalue weighted by molar-refractivity contribution is 0.139. The van der Waals surface area contributed by atoms with Crippen molar-refractivity contribution in [2.24, 2.45) is 0 Å². The summed E-state index contributed by atoms with van der Waals surface area (Å²) in [5, 5.41) is 15.4. The quantitative estimate of drug-likeness (QED) is 0.809. The first kappa shape index (κ1) is 14.9. The van der Waals surface area contributed by atoms with E-state index in [2.05, 4.69) is 15.6 Å². The van der Waals surface area contributed by atoms with Gasteiger partial charge in [0.15, 0.2) is 0 Å². The number of hydrogen-bond donors (Lipinski definition) is 3. The summed E-state index contributed by atoms with van der Waals surface area (Å²) in [5.74, 6) is -0.373. The summed E-state index contributed by atoms with van der Waals surface area (Å²) >= 11 is 0. The number of amides is 2. The molecule has 2 aromatic rings. The molecule has 1 aromatic carbocycles. The Morgan fingerprint density at radius 2 is 1.81 bits per heavy atom. The molecule has 21 heavy (non-hydrogen) atoms. The van der Waals surface area contributed by atoms with E-state index < -0.39 is 18.2 Å². The third-order valence-corrected chi connectivity index (χ3v) is 2.98. The molecule has 0 bridgehead atoms. The Morgan fingerprint density at radius 1 is 1.19 bits per heavy atom. The van der Waals surface area contributed by atoms with E-state index in [0.29, 0.717) is 11.3 Å². The van der Waals surface area contributed by atoms with Crippen LogP contribution in [0.5, 0.6) is 0 Å². The molecule has 2 atom stereocenters. The minimum atomic E-state index is -0.922. The molecule has 5 nitrogen and oxygen atoms in total. The number of nitrogens with zero attached hydrogens (tertiary/aromatic N) is 1. The standard InChI is InChI=1S/C15H16FN3O2/c1-10(14(20)11-2-4-12(16)5-3-11)18-15(21)19-13-6-8-17-9-7-13/h2-10,14,20H,1H3,(H2,17,18,19,21)/t10-,14-/m1/s1. The van der Waals surface area contributed by atoms with Gasteiger partial charge in [0.05, 0.1) is 12.1 Å². The van der Waals surface area contributed by atoms with Gasteiger partial charge in [-0.25, -0.2) is 9.18 Å². The summed E-state index contributed by atoms with van der Waals surface area (Å²) in [5.41, 5.74) is 1.14. The van der Waals surface area contributed by atoms with E-state index >= 15 is 0 Å². The van der Waals surface area contributed by atoms with Crippen LogP contribution in [0.15, 0.2) is 48.8 Å². The number of aromatic nitrogens is 1. The van der Waals surface area contributed by atoms with Crippen LogP contribution in [0.2, 0.25) is 0 Å². The Bertz CT molecular complexity index is 590. The Balaban J connectivity index is 1.92. The van der Waals surface area contributed by atoms with E-state index in [1.165, 1.54) is 24.3 Å². The third kappa shape index (κ3) is 4.25. The number of rotatable bonds is 4. The van der Waals surface area contributed by atoms with Gasteiger partial charge in [0.25, 0.3) is 0 Å². The molecule has 1 aromatic heterocycles. The van der Waals surface area contributed by atoms with Crippen molar-refractivity contribution in [3.8, 4) is 0 Å². The van der Waals surface area contributed by atoms with Crippen LogP contribution < -0.4 is 10.6 Å². The van der Waals surface area contributed by atoms with Crippen molar-refractivity contribution in [2.75, 3.05) is 5.32 Å². The van der Waals surface area contributed by atoms with Crippen LogP contribution in [0.4, 0.5) is 14.9 Å². The molecule has 0 unspecified atom stereocenters. The highest BCUT2D eigenvalue weighted by Gasteiger charge is 2.18. The Hall–Kier alpha value is -2.47. The summed E-state index contributed by atoms with van der Waals surface area (Å²) in [6, 6.07) is 7.84. The van der Waals surface area contributed by atoms with Crippen LogP contribution in [0, 0.1) is 5.82 Å². The van der Waals surface area contributed by atoms with Gasteiger partial charge in [-0.2, -0.15) is 0 Å². The van der Waals surface area contributed by atoms with Crippen molar-refractivity contribution >= 4 is 11.7 Å². The lowest BCUT2D eigenvalue weighted by atomic mass is 10.0. The van der Waals surface area contributed by atoms with Gasteiger partial charge in [0.1, 0.15) is 5.82 Å². The number of nitrogens with one attached hydrogen (secondary N) is 2. The maximum Gasteiger partial charge on any atom is 0.319 e. The first-order valence-electron chi connectivity index (χ1n) is 6.47. The largest absolute Gasteiger partial charge is 0.386 e. The first-order chi connectivity index (χ1) is 10.1. The molecule has 0 radical (unpaired) electrons. The predicted octanol–water partition coefficient (Wildman–Crippen LogP) is 2.46. The fraction of sp³-hybridized carbons (Fsp3) is 0.200. The second-order valence-electron chi connectivity index (χ2n) is 4.62. The molecule has 0 saturated carbocycles. The average Bonchev–Trinajstić information content (AvgIpc) is 2.48.